The van der Waals surface area contributed by atoms with Gasteiger partial charge in [-0.25, -0.2) is 4.79 Å². The van der Waals surface area contributed by atoms with Crippen LogP contribution in [0.1, 0.15) is 22.8 Å². The Balaban J connectivity index is 1.93. The van der Waals surface area contributed by atoms with Gasteiger partial charge in [0.15, 0.2) is 0 Å². The predicted octanol–water partition coefficient (Wildman–Crippen LogP) is 2.96. The summed E-state index contributed by atoms with van der Waals surface area (Å²) in [5.41, 5.74) is 2.94. The third-order valence-electron chi connectivity index (χ3n) is 2.90. The fourth-order valence-corrected chi connectivity index (χ4v) is 1.84. The Morgan fingerprint density at radius 3 is 2.05 bits per heavy atom. The van der Waals surface area contributed by atoms with Gasteiger partial charge in [-0.1, -0.05) is 12.1 Å². The van der Waals surface area contributed by atoms with Crippen LogP contribution in [0.2, 0.25) is 0 Å². The molecule has 5 nitrogen and oxygen atoms in total. The minimum Gasteiger partial charge on any atom is -0.478 e. The summed E-state index contributed by atoms with van der Waals surface area (Å²) < 4.78 is 0. The number of carbonyl (C=O) groups excluding carboxylic acids is 1. The van der Waals surface area contributed by atoms with E-state index in [-0.39, 0.29) is 11.5 Å². The normalized spacial score (nSPS) is 9.95. The van der Waals surface area contributed by atoms with E-state index >= 15 is 0 Å². The first kappa shape index (κ1) is 14.6. The van der Waals surface area contributed by atoms with Gasteiger partial charge in [0.1, 0.15) is 0 Å². The quantitative estimate of drug-likeness (QED) is 0.788. The topological polar surface area (TPSA) is 78.4 Å². The van der Waals surface area contributed by atoms with Crippen LogP contribution in [0.5, 0.6) is 0 Å². The highest BCUT2D eigenvalue weighted by molar-refractivity contribution is 5.89. The van der Waals surface area contributed by atoms with E-state index in [0.717, 1.165) is 16.9 Å². The zero-order valence-electron chi connectivity index (χ0n) is 11.6. The van der Waals surface area contributed by atoms with Crippen molar-refractivity contribution in [2.24, 2.45) is 0 Å². The summed E-state index contributed by atoms with van der Waals surface area (Å²) >= 11 is 0. The molecule has 0 aromatic heterocycles. The molecule has 0 aliphatic heterocycles. The van der Waals surface area contributed by atoms with Crippen molar-refractivity contribution in [1.29, 1.82) is 0 Å². The number of amides is 1. The molecule has 0 bridgehead atoms. The maximum absolute atomic E-state index is 10.9. The molecule has 0 saturated carbocycles. The van der Waals surface area contributed by atoms with Gasteiger partial charge in [0.2, 0.25) is 5.91 Å². The number of hydrogen-bond acceptors (Lipinski definition) is 3. The van der Waals surface area contributed by atoms with Crippen LogP contribution in [0.15, 0.2) is 48.5 Å². The van der Waals surface area contributed by atoms with Crippen molar-refractivity contribution in [1.82, 2.24) is 0 Å². The lowest BCUT2D eigenvalue weighted by Crippen LogP contribution is -2.05. The Labute approximate surface area is 122 Å². The minimum atomic E-state index is -0.928. The van der Waals surface area contributed by atoms with Gasteiger partial charge in [0, 0.05) is 24.8 Å². The lowest BCUT2D eigenvalue weighted by molar-refractivity contribution is -0.114. The standard InChI is InChI=1S/C16H16N2O3/c1-11(19)18-15-8-6-14(7-9-15)17-10-12-2-4-13(5-3-12)16(20)21/h2-9,17H,10H2,1H3,(H,18,19)(H,20,21). The van der Waals surface area contributed by atoms with E-state index in [0.29, 0.717) is 6.54 Å². The second kappa shape index (κ2) is 6.56. The highest BCUT2D eigenvalue weighted by Crippen LogP contribution is 2.15. The molecule has 1 amide bonds. The molecular weight excluding hydrogens is 268 g/mol. The monoisotopic (exact) mass is 284 g/mol. The van der Waals surface area contributed by atoms with Gasteiger partial charge in [0.25, 0.3) is 0 Å². The van der Waals surface area contributed by atoms with Gasteiger partial charge in [-0.3, -0.25) is 4.79 Å². The van der Waals surface area contributed by atoms with Crippen molar-refractivity contribution in [3.63, 3.8) is 0 Å². The SMILES string of the molecule is CC(=O)Nc1ccc(NCc2ccc(C(=O)O)cc2)cc1. The summed E-state index contributed by atoms with van der Waals surface area (Å²) in [5, 5.41) is 14.8. The van der Waals surface area contributed by atoms with Crippen LogP contribution in [0.4, 0.5) is 11.4 Å². The van der Waals surface area contributed by atoms with E-state index < -0.39 is 5.97 Å². The molecule has 0 saturated heterocycles. The molecule has 2 aromatic carbocycles. The summed E-state index contributed by atoms with van der Waals surface area (Å²) in [7, 11) is 0. The van der Waals surface area contributed by atoms with Gasteiger partial charge in [0.05, 0.1) is 5.56 Å². The van der Waals surface area contributed by atoms with E-state index in [4.69, 9.17) is 5.11 Å². The van der Waals surface area contributed by atoms with Crippen molar-refractivity contribution in [3.05, 3.63) is 59.7 Å². The average molecular weight is 284 g/mol. The van der Waals surface area contributed by atoms with Gasteiger partial charge in [-0.15, -0.1) is 0 Å². The molecule has 0 atom stereocenters. The molecule has 2 rings (SSSR count). The predicted molar refractivity (Wildman–Crippen MR) is 81.5 cm³/mol. The molecule has 2 aromatic rings. The van der Waals surface area contributed by atoms with Crippen molar-refractivity contribution in [2.75, 3.05) is 10.6 Å². The lowest BCUT2D eigenvalue weighted by atomic mass is 10.1. The van der Waals surface area contributed by atoms with E-state index in [2.05, 4.69) is 10.6 Å². The lowest BCUT2D eigenvalue weighted by Gasteiger charge is -2.08. The summed E-state index contributed by atoms with van der Waals surface area (Å²) in [4.78, 5) is 21.7. The fourth-order valence-electron chi connectivity index (χ4n) is 1.84. The zero-order chi connectivity index (χ0) is 15.2. The molecule has 0 heterocycles. The van der Waals surface area contributed by atoms with Gasteiger partial charge >= 0.3 is 5.97 Å². The first-order chi connectivity index (χ1) is 10.0. The van der Waals surface area contributed by atoms with Crippen LogP contribution < -0.4 is 10.6 Å². The van der Waals surface area contributed by atoms with Crippen LogP contribution >= 0.6 is 0 Å². The maximum Gasteiger partial charge on any atom is 0.335 e. The van der Waals surface area contributed by atoms with Crippen molar-refractivity contribution >= 4 is 23.3 Å². The molecular formula is C16H16N2O3. The summed E-state index contributed by atoms with van der Waals surface area (Å²) in [6.45, 7) is 2.06. The highest BCUT2D eigenvalue weighted by Gasteiger charge is 2.02. The molecule has 0 fully saturated rings. The van der Waals surface area contributed by atoms with Crippen LogP contribution in [0.25, 0.3) is 0 Å². The number of carboxylic acids is 1. The molecule has 5 heteroatoms. The van der Waals surface area contributed by atoms with Gasteiger partial charge in [-0.05, 0) is 42.0 Å². The molecule has 0 spiro atoms. The Kier molecular flexibility index (Phi) is 4.56. The number of benzene rings is 2. The third kappa shape index (κ3) is 4.35. The van der Waals surface area contributed by atoms with Crippen LogP contribution in [-0.4, -0.2) is 17.0 Å². The number of carbonyl (C=O) groups is 2. The summed E-state index contributed by atoms with van der Waals surface area (Å²) in [6, 6.07) is 14.1. The number of nitrogens with one attached hydrogen (secondary N) is 2. The molecule has 21 heavy (non-hydrogen) atoms. The van der Waals surface area contributed by atoms with Crippen molar-refractivity contribution in [3.8, 4) is 0 Å². The minimum absolute atomic E-state index is 0.103. The van der Waals surface area contributed by atoms with Gasteiger partial charge in [-0.2, -0.15) is 0 Å². The highest BCUT2D eigenvalue weighted by atomic mass is 16.4. The number of carboxylic acid groups (broad SMARTS) is 1. The number of anilines is 2. The molecule has 108 valence electrons. The second-order valence-corrected chi connectivity index (χ2v) is 4.61. The van der Waals surface area contributed by atoms with Gasteiger partial charge < -0.3 is 15.7 Å². The van der Waals surface area contributed by atoms with Crippen LogP contribution in [0.3, 0.4) is 0 Å². The molecule has 0 aliphatic rings. The van der Waals surface area contributed by atoms with E-state index in [9.17, 15) is 9.59 Å². The molecule has 3 N–H and O–H groups in total. The molecule has 0 unspecified atom stereocenters. The first-order valence-corrected chi connectivity index (χ1v) is 6.48. The summed E-state index contributed by atoms with van der Waals surface area (Å²) in [5.74, 6) is -1.03. The Bertz CT molecular complexity index is 634. The van der Waals surface area contributed by atoms with E-state index in [1.54, 1.807) is 24.3 Å². The van der Waals surface area contributed by atoms with Crippen molar-refractivity contribution < 1.29 is 14.7 Å². The Morgan fingerprint density at radius 1 is 0.952 bits per heavy atom. The average Bonchev–Trinajstić information content (AvgIpc) is 2.46. The van der Waals surface area contributed by atoms with E-state index in [1.165, 1.54) is 6.92 Å². The fraction of sp³-hybridized carbons (Fsp3) is 0.125. The Morgan fingerprint density at radius 2 is 1.52 bits per heavy atom. The zero-order valence-corrected chi connectivity index (χ0v) is 11.6. The third-order valence-corrected chi connectivity index (χ3v) is 2.90. The number of hydrogen-bond donors (Lipinski definition) is 3. The van der Waals surface area contributed by atoms with Crippen LogP contribution in [-0.2, 0) is 11.3 Å². The van der Waals surface area contributed by atoms with E-state index in [1.807, 2.05) is 24.3 Å². The smallest absolute Gasteiger partial charge is 0.335 e. The largest absolute Gasteiger partial charge is 0.478 e. The van der Waals surface area contributed by atoms with Crippen LogP contribution in [0, 0.1) is 0 Å². The Hall–Kier alpha value is -2.82. The first-order valence-electron chi connectivity index (χ1n) is 6.48. The van der Waals surface area contributed by atoms with Crippen molar-refractivity contribution in [2.45, 2.75) is 13.5 Å². The number of rotatable bonds is 5. The molecule has 0 aliphatic carbocycles. The molecule has 0 radical (unpaired) electrons. The number of aromatic carboxylic acids is 1. The maximum atomic E-state index is 10.9. The second-order valence-electron chi connectivity index (χ2n) is 4.61. The summed E-state index contributed by atoms with van der Waals surface area (Å²) in [6.07, 6.45) is 0.